The molecule has 22 heavy (non-hydrogen) atoms. The zero-order chi connectivity index (χ0) is 16.3. The van der Waals surface area contributed by atoms with Crippen LogP contribution in [0.2, 0.25) is 0 Å². The molecule has 0 fully saturated rings. The van der Waals surface area contributed by atoms with Crippen LogP contribution in [0.3, 0.4) is 0 Å². The van der Waals surface area contributed by atoms with Crippen LogP contribution in [0.5, 0.6) is 0 Å². The summed E-state index contributed by atoms with van der Waals surface area (Å²) < 4.78 is 0. The lowest BCUT2D eigenvalue weighted by atomic mass is 9.92. The van der Waals surface area contributed by atoms with Gasteiger partial charge in [0.05, 0.1) is 13.2 Å². The van der Waals surface area contributed by atoms with Crippen molar-refractivity contribution in [1.82, 2.24) is 0 Å². The Morgan fingerprint density at radius 2 is 0.909 bits per heavy atom. The van der Waals surface area contributed by atoms with Crippen molar-refractivity contribution in [3.63, 3.8) is 0 Å². The molecular formula is C20H26O2. The minimum absolute atomic E-state index is 0.0959. The van der Waals surface area contributed by atoms with Gasteiger partial charge in [0.1, 0.15) is 0 Å². The van der Waals surface area contributed by atoms with Gasteiger partial charge < -0.3 is 10.2 Å². The molecule has 118 valence electrons. The largest absolute Gasteiger partial charge is 0.392 e. The van der Waals surface area contributed by atoms with Crippen molar-refractivity contribution >= 4 is 0 Å². The zero-order valence-electron chi connectivity index (χ0n) is 14.0. The van der Waals surface area contributed by atoms with Gasteiger partial charge >= 0.3 is 0 Å². The molecule has 0 atom stereocenters. The predicted molar refractivity (Wildman–Crippen MR) is 91.1 cm³/mol. The summed E-state index contributed by atoms with van der Waals surface area (Å²) in [5, 5.41) is 18.9. The molecule has 0 radical (unpaired) electrons. The van der Waals surface area contributed by atoms with Crippen molar-refractivity contribution < 1.29 is 10.2 Å². The second-order valence-electron chi connectivity index (χ2n) is 6.23. The molecule has 0 amide bonds. The van der Waals surface area contributed by atoms with Crippen LogP contribution in [0.1, 0.15) is 44.5 Å². The molecule has 0 unspecified atom stereocenters. The molecule has 2 N–H and O–H groups in total. The van der Waals surface area contributed by atoms with Gasteiger partial charge in [-0.1, -0.05) is 35.4 Å². The van der Waals surface area contributed by atoms with E-state index >= 15 is 0 Å². The summed E-state index contributed by atoms with van der Waals surface area (Å²) in [6.45, 7) is 8.51. The van der Waals surface area contributed by atoms with Gasteiger partial charge in [-0.15, -0.1) is 0 Å². The summed E-state index contributed by atoms with van der Waals surface area (Å²) in [5.41, 5.74) is 9.43. The van der Waals surface area contributed by atoms with Gasteiger partial charge in [-0.05, 0) is 73.9 Å². The van der Waals surface area contributed by atoms with Crippen LogP contribution in [0.25, 0.3) is 0 Å². The fourth-order valence-electron chi connectivity index (χ4n) is 3.15. The maximum absolute atomic E-state index is 9.47. The fourth-order valence-corrected chi connectivity index (χ4v) is 3.15. The highest BCUT2D eigenvalue weighted by molar-refractivity contribution is 5.41. The molecule has 0 aromatic heterocycles. The molecule has 0 aliphatic carbocycles. The average molecular weight is 298 g/mol. The van der Waals surface area contributed by atoms with Crippen LogP contribution in [0, 0.1) is 27.7 Å². The first-order chi connectivity index (χ1) is 10.5. The number of aliphatic hydroxyl groups is 2. The lowest BCUT2D eigenvalue weighted by Gasteiger charge is -2.15. The molecular weight excluding hydrogens is 272 g/mol. The fraction of sp³-hybridized carbons (Fsp3) is 0.400. The Morgan fingerprint density at radius 1 is 0.591 bits per heavy atom. The molecule has 0 aliphatic rings. The maximum Gasteiger partial charge on any atom is 0.0684 e. The first-order valence-electron chi connectivity index (χ1n) is 7.86. The summed E-state index contributed by atoms with van der Waals surface area (Å²) in [6.07, 6.45) is 1.91. The van der Waals surface area contributed by atoms with Gasteiger partial charge in [0.15, 0.2) is 0 Å². The second kappa shape index (κ2) is 7.08. The van der Waals surface area contributed by atoms with Crippen LogP contribution in [0.15, 0.2) is 24.3 Å². The normalized spacial score (nSPS) is 11.0. The van der Waals surface area contributed by atoms with Crippen LogP contribution in [-0.4, -0.2) is 10.2 Å². The van der Waals surface area contributed by atoms with Crippen LogP contribution in [-0.2, 0) is 26.1 Å². The third-order valence-corrected chi connectivity index (χ3v) is 4.54. The van der Waals surface area contributed by atoms with Crippen molar-refractivity contribution in [2.75, 3.05) is 0 Å². The number of benzene rings is 2. The third-order valence-electron chi connectivity index (χ3n) is 4.54. The summed E-state index contributed by atoms with van der Waals surface area (Å²) in [4.78, 5) is 0. The number of rotatable bonds is 5. The minimum atomic E-state index is 0.0959. The smallest absolute Gasteiger partial charge is 0.0684 e. The number of hydrogen-bond acceptors (Lipinski definition) is 2. The molecule has 0 aliphatic heterocycles. The first kappa shape index (κ1) is 16.7. The summed E-state index contributed by atoms with van der Waals surface area (Å²) in [6, 6.07) is 8.54. The minimum Gasteiger partial charge on any atom is -0.392 e. The van der Waals surface area contributed by atoms with E-state index in [1.807, 2.05) is 0 Å². The Morgan fingerprint density at radius 3 is 1.23 bits per heavy atom. The number of hydrogen-bond donors (Lipinski definition) is 2. The Labute approximate surface area is 133 Å². The van der Waals surface area contributed by atoms with Gasteiger partial charge in [-0.2, -0.15) is 0 Å². The van der Waals surface area contributed by atoms with E-state index in [9.17, 15) is 10.2 Å². The number of aliphatic hydroxyl groups excluding tert-OH is 2. The van der Waals surface area contributed by atoms with Crippen molar-refractivity contribution in [1.29, 1.82) is 0 Å². The van der Waals surface area contributed by atoms with Gasteiger partial charge in [0.2, 0.25) is 0 Å². The van der Waals surface area contributed by atoms with E-state index in [0.717, 1.165) is 24.0 Å². The van der Waals surface area contributed by atoms with E-state index in [1.165, 1.54) is 33.4 Å². The summed E-state index contributed by atoms with van der Waals surface area (Å²) in [7, 11) is 0. The highest BCUT2D eigenvalue weighted by atomic mass is 16.3. The molecule has 0 spiro atoms. The molecule has 2 rings (SSSR count). The van der Waals surface area contributed by atoms with Crippen molar-refractivity contribution in [2.45, 2.75) is 53.8 Å². The lowest BCUT2D eigenvalue weighted by Crippen LogP contribution is -2.03. The topological polar surface area (TPSA) is 40.5 Å². The predicted octanol–water partition coefficient (Wildman–Crippen LogP) is 3.69. The van der Waals surface area contributed by atoms with Crippen LogP contribution < -0.4 is 0 Å². The van der Waals surface area contributed by atoms with E-state index in [2.05, 4.69) is 52.0 Å². The highest BCUT2D eigenvalue weighted by Gasteiger charge is 2.09. The molecule has 2 heteroatoms. The van der Waals surface area contributed by atoms with Crippen molar-refractivity contribution in [3.05, 3.63) is 68.8 Å². The SMILES string of the molecule is Cc1cc(CO)c(C)c(CCc2cc(C)cc(CO)c2C)c1. The molecule has 0 bridgehead atoms. The molecule has 0 saturated heterocycles. The Kier molecular flexibility index (Phi) is 5.38. The Hall–Kier alpha value is -1.64. The highest BCUT2D eigenvalue weighted by Crippen LogP contribution is 2.22. The third kappa shape index (κ3) is 3.57. The molecule has 2 aromatic rings. The van der Waals surface area contributed by atoms with E-state index in [-0.39, 0.29) is 13.2 Å². The molecule has 2 nitrogen and oxygen atoms in total. The zero-order valence-corrected chi connectivity index (χ0v) is 14.0. The second-order valence-corrected chi connectivity index (χ2v) is 6.23. The maximum atomic E-state index is 9.47. The molecule has 0 saturated carbocycles. The summed E-state index contributed by atoms with van der Waals surface area (Å²) in [5.74, 6) is 0. The van der Waals surface area contributed by atoms with E-state index in [0.29, 0.717) is 0 Å². The van der Waals surface area contributed by atoms with E-state index in [4.69, 9.17) is 0 Å². The van der Waals surface area contributed by atoms with Gasteiger partial charge in [0.25, 0.3) is 0 Å². The standard InChI is InChI=1S/C20H26O2/c1-13-7-17(15(3)19(9-13)11-21)5-6-18-8-14(2)10-20(12-22)16(18)4/h7-10,21-22H,5-6,11-12H2,1-4H3. The Bertz CT molecular complexity index is 612. The van der Waals surface area contributed by atoms with Crippen LogP contribution >= 0.6 is 0 Å². The van der Waals surface area contributed by atoms with Gasteiger partial charge in [0, 0.05) is 0 Å². The molecule has 0 heterocycles. The quantitative estimate of drug-likeness (QED) is 0.884. The van der Waals surface area contributed by atoms with Crippen LogP contribution in [0.4, 0.5) is 0 Å². The van der Waals surface area contributed by atoms with Gasteiger partial charge in [-0.25, -0.2) is 0 Å². The number of aryl methyl sites for hydroxylation is 4. The average Bonchev–Trinajstić information content (AvgIpc) is 2.50. The van der Waals surface area contributed by atoms with Gasteiger partial charge in [-0.3, -0.25) is 0 Å². The van der Waals surface area contributed by atoms with E-state index < -0.39 is 0 Å². The Balaban J connectivity index is 2.28. The first-order valence-corrected chi connectivity index (χ1v) is 7.86. The summed E-state index contributed by atoms with van der Waals surface area (Å²) >= 11 is 0. The van der Waals surface area contributed by atoms with Crippen molar-refractivity contribution in [2.24, 2.45) is 0 Å². The van der Waals surface area contributed by atoms with Crippen molar-refractivity contribution in [3.8, 4) is 0 Å². The monoisotopic (exact) mass is 298 g/mol. The van der Waals surface area contributed by atoms with E-state index in [1.54, 1.807) is 0 Å². The molecule has 2 aromatic carbocycles. The lowest BCUT2D eigenvalue weighted by molar-refractivity contribution is 0.280.